The van der Waals surface area contributed by atoms with Gasteiger partial charge in [-0.3, -0.25) is 4.79 Å². The summed E-state index contributed by atoms with van der Waals surface area (Å²) in [5, 5.41) is -0.285. The zero-order valence-electron chi connectivity index (χ0n) is 14.4. The van der Waals surface area contributed by atoms with Crippen LogP contribution in [0.5, 0.6) is 0 Å². The van der Waals surface area contributed by atoms with Gasteiger partial charge < -0.3 is 4.90 Å². The quantitative estimate of drug-likeness (QED) is 0.714. The summed E-state index contributed by atoms with van der Waals surface area (Å²) < 4.78 is 25.6. The minimum Gasteiger partial charge on any atom is -0.343 e. The monoisotopic (exact) mass is 415 g/mol. The molecule has 1 aliphatic rings. The van der Waals surface area contributed by atoms with Crippen molar-refractivity contribution in [2.45, 2.75) is 44.8 Å². The summed E-state index contributed by atoms with van der Waals surface area (Å²) in [7, 11) is -3.04. The molecule has 0 saturated carbocycles. The van der Waals surface area contributed by atoms with Crippen molar-refractivity contribution in [2.24, 2.45) is 5.92 Å². The van der Waals surface area contributed by atoms with Crippen LogP contribution >= 0.6 is 15.9 Å². The lowest BCUT2D eigenvalue weighted by Gasteiger charge is -2.32. The lowest BCUT2D eigenvalue weighted by molar-refractivity contribution is -0.132. The van der Waals surface area contributed by atoms with Gasteiger partial charge in [-0.25, -0.2) is 8.42 Å². The molecule has 1 amide bonds. The molecule has 4 nitrogen and oxygen atoms in total. The van der Waals surface area contributed by atoms with Crippen LogP contribution < -0.4 is 0 Å². The topological polar surface area (TPSA) is 54.5 Å². The number of hydrogen-bond acceptors (Lipinski definition) is 3. The summed E-state index contributed by atoms with van der Waals surface area (Å²) in [6.07, 6.45) is 2.30. The zero-order chi connectivity index (χ0) is 17.7. The largest absolute Gasteiger partial charge is 0.343 e. The average molecular weight is 416 g/mol. The van der Waals surface area contributed by atoms with Gasteiger partial charge in [0.2, 0.25) is 5.91 Å². The SMILES string of the molecule is CC(C)CS(=O)(=O)C1CCN(C(=O)CCc2ccccc2Br)CC1. The molecule has 1 aromatic carbocycles. The van der Waals surface area contributed by atoms with Gasteiger partial charge in [-0.15, -0.1) is 0 Å². The van der Waals surface area contributed by atoms with Crippen LogP contribution in [0.1, 0.15) is 38.7 Å². The van der Waals surface area contributed by atoms with Gasteiger partial charge in [0.25, 0.3) is 0 Å². The van der Waals surface area contributed by atoms with Gasteiger partial charge >= 0.3 is 0 Å². The van der Waals surface area contributed by atoms with Gasteiger partial charge in [0.05, 0.1) is 11.0 Å². The molecule has 0 bridgehead atoms. The Morgan fingerprint density at radius 1 is 1.25 bits per heavy atom. The number of aryl methyl sites for hydroxylation is 1. The highest BCUT2D eigenvalue weighted by molar-refractivity contribution is 9.10. The predicted molar refractivity (Wildman–Crippen MR) is 101 cm³/mol. The van der Waals surface area contributed by atoms with Crippen molar-refractivity contribution in [1.82, 2.24) is 4.90 Å². The third-order valence-corrected chi connectivity index (χ3v) is 7.83. The van der Waals surface area contributed by atoms with Crippen LogP contribution in [0, 0.1) is 5.92 Å². The number of piperidine rings is 1. The van der Waals surface area contributed by atoms with Crippen molar-refractivity contribution >= 4 is 31.7 Å². The van der Waals surface area contributed by atoms with Crippen molar-refractivity contribution in [3.05, 3.63) is 34.3 Å². The fourth-order valence-electron chi connectivity index (χ4n) is 3.17. The molecule has 134 valence electrons. The van der Waals surface area contributed by atoms with E-state index in [0.29, 0.717) is 38.8 Å². The summed E-state index contributed by atoms with van der Waals surface area (Å²) in [4.78, 5) is 14.2. The maximum Gasteiger partial charge on any atom is 0.222 e. The first-order valence-corrected chi connectivity index (χ1v) is 11.0. The fourth-order valence-corrected chi connectivity index (χ4v) is 5.78. The molecule has 0 aromatic heterocycles. The minimum atomic E-state index is -3.04. The third-order valence-electron chi connectivity index (χ3n) is 4.43. The first-order chi connectivity index (χ1) is 11.3. The molecule has 2 rings (SSSR count). The van der Waals surface area contributed by atoms with E-state index in [0.717, 1.165) is 10.0 Å². The van der Waals surface area contributed by atoms with Gasteiger partial charge in [-0.2, -0.15) is 0 Å². The summed E-state index contributed by atoms with van der Waals surface area (Å²) >= 11 is 3.50. The summed E-state index contributed by atoms with van der Waals surface area (Å²) in [5.74, 6) is 0.512. The molecular weight excluding hydrogens is 390 g/mol. The second-order valence-electron chi connectivity index (χ2n) is 6.89. The maximum absolute atomic E-state index is 12.4. The van der Waals surface area contributed by atoms with Crippen LogP contribution in [0.15, 0.2) is 28.7 Å². The average Bonchev–Trinajstić information content (AvgIpc) is 2.53. The smallest absolute Gasteiger partial charge is 0.222 e. The highest BCUT2D eigenvalue weighted by atomic mass is 79.9. The number of nitrogens with zero attached hydrogens (tertiary/aromatic N) is 1. The summed E-state index contributed by atoms with van der Waals surface area (Å²) in [6, 6.07) is 7.92. The van der Waals surface area contributed by atoms with Crippen LogP contribution in [-0.2, 0) is 21.1 Å². The van der Waals surface area contributed by atoms with Crippen LogP contribution in [0.4, 0.5) is 0 Å². The maximum atomic E-state index is 12.4. The number of rotatable bonds is 6. The number of halogens is 1. The zero-order valence-corrected chi connectivity index (χ0v) is 16.8. The Kier molecular flexibility index (Phi) is 6.87. The number of carbonyl (C=O) groups is 1. The predicted octanol–water partition coefficient (Wildman–Crippen LogP) is 3.44. The van der Waals surface area contributed by atoms with E-state index in [-0.39, 0.29) is 22.8 Å². The van der Waals surface area contributed by atoms with E-state index >= 15 is 0 Å². The Bertz CT molecular complexity index is 665. The Morgan fingerprint density at radius 2 is 1.88 bits per heavy atom. The first-order valence-electron chi connectivity index (χ1n) is 8.52. The highest BCUT2D eigenvalue weighted by Crippen LogP contribution is 2.22. The van der Waals surface area contributed by atoms with E-state index in [1.165, 1.54) is 0 Å². The molecule has 1 aliphatic heterocycles. The van der Waals surface area contributed by atoms with Gasteiger partial charge in [0.1, 0.15) is 0 Å². The fraction of sp³-hybridized carbons (Fsp3) is 0.611. The molecular formula is C18H26BrNO3S. The van der Waals surface area contributed by atoms with E-state index in [2.05, 4.69) is 15.9 Å². The first kappa shape index (κ1) is 19.4. The van der Waals surface area contributed by atoms with E-state index < -0.39 is 9.84 Å². The lowest BCUT2D eigenvalue weighted by Crippen LogP contribution is -2.43. The minimum absolute atomic E-state index is 0.116. The van der Waals surface area contributed by atoms with Crippen molar-refractivity contribution in [3.63, 3.8) is 0 Å². The number of sulfone groups is 1. The van der Waals surface area contributed by atoms with E-state index in [9.17, 15) is 13.2 Å². The summed E-state index contributed by atoms with van der Waals surface area (Å²) in [5.41, 5.74) is 1.13. The molecule has 0 spiro atoms. The molecule has 0 atom stereocenters. The highest BCUT2D eigenvalue weighted by Gasteiger charge is 2.31. The van der Waals surface area contributed by atoms with Crippen LogP contribution in [-0.4, -0.2) is 43.3 Å². The van der Waals surface area contributed by atoms with Crippen molar-refractivity contribution in [1.29, 1.82) is 0 Å². The molecule has 0 aliphatic carbocycles. The molecule has 1 heterocycles. The molecule has 0 radical (unpaired) electrons. The molecule has 6 heteroatoms. The standard InChI is InChI=1S/C18H26BrNO3S/c1-14(2)13-24(22,23)16-9-11-20(12-10-16)18(21)8-7-15-5-3-4-6-17(15)19/h3-6,14,16H,7-13H2,1-2H3. The van der Waals surface area contributed by atoms with Gasteiger partial charge in [0, 0.05) is 24.0 Å². The van der Waals surface area contributed by atoms with E-state index in [4.69, 9.17) is 0 Å². The molecule has 0 unspecified atom stereocenters. The Hall–Kier alpha value is -0.880. The second-order valence-corrected chi connectivity index (χ2v) is 10.1. The van der Waals surface area contributed by atoms with E-state index in [1.807, 2.05) is 43.0 Å². The van der Waals surface area contributed by atoms with Crippen molar-refractivity contribution < 1.29 is 13.2 Å². The number of likely N-dealkylation sites (tertiary alicyclic amines) is 1. The van der Waals surface area contributed by atoms with Crippen LogP contribution in [0.2, 0.25) is 0 Å². The number of hydrogen-bond donors (Lipinski definition) is 0. The Balaban J connectivity index is 1.84. The Labute approximate surface area is 153 Å². The molecule has 0 N–H and O–H groups in total. The van der Waals surface area contributed by atoms with Crippen LogP contribution in [0.3, 0.4) is 0 Å². The summed E-state index contributed by atoms with van der Waals surface area (Å²) in [6.45, 7) is 4.96. The van der Waals surface area contributed by atoms with Crippen LogP contribution in [0.25, 0.3) is 0 Å². The third kappa shape index (κ3) is 5.31. The number of carbonyl (C=O) groups excluding carboxylic acids is 1. The number of amides is 1. The van der Waals surface area contributed by atoms with E-state index in [1.54, 1.807) is 0 Å². The molecule has 24 heavy (non-hydrogen) atoms. The Morgan fingerprint density at radius 3 is 2.46 bits per heavy atom. The lowest BCUT2D eigenvalue weighted by atomic mass is 10.1. The number of benzene rings is 1. The van der Waals surface area contributed by atoms with Gasteiger partial charge in [0.15, 0.2) is 9.84 Å². The molecule has 1 aromatic rings. The van der Waals surface area contributed by atoms with Crippen molar-refractivity contribution in [3.8, 4) is 0 Å². The molecule has 1 fully saturated rings. The second kappa shape index (κ2) is 8.48. The van der Waals surface area contributed by atoms with Gasteiger partial charge in [-0.1, -0.05) is 48.0 Å². The van der Waals surface area contributed by atoms with Crippen molar-refractivity contribution in [2.75, 3.05) is 18.8 Å². The van der Waals surface area contributed by atoms with Gasteiger partial charge in [-0.05, 0) is 36.8 Å². The molecule has 1 saturated heterocycles. The normalized spacial score (nSPS) is 16.6.